The number of hydrogen-bond acceptors (Lipinski definition) is 5. The van der Waals surface area contributed by atoms with Crippen LogP contribution in [0.15, 0.2) is 5.16 Å². The number of rotatable bonds is 8. The molecule has 1 N–H and O–H groups in total. The first-order chi connectivity index (χ1) is 8.70. The summed E-state index contributed by atoms with van der Waals surface area (Å²) in [6.45, 7) is 1.25. The Morgan fingerprint density at radius 1 is 1.56 bits per heavy atom. The molecule has 0 spiro atoms. The third-order valence-electron chi connectivity index (χ3n) is 2.81. The van der Waals surface area contributed by atoms with Crippen LogP contribution in [-0.2, 0) is 22.5 Å². The lowest BCUT2D eigenvalue weighted by molar-refractivity contribution is -0.133. The number of methoxy groups -OCH3 is 1. The van der Waals surface area contributed by atoms with E-state index in [9.17, 15) is 4.79 Å². The van der Waals surface area contributed by atoms with Crippen molar-refractivity contribution in [1.29, 1.82) is 0 Å². The van der Waals surface area contributed by atoms with Crippen LogP contribution in [0.1, 0.15) is 18.7 Å². The average Bonchev–Trinajstić information content (AvgIpc) is 3.06. The lowest BCUT2D eigenvalue weighted by Crippen LogP contribution is -2.11. The molecule has 1 aliphatic rings. The van der Waals surface area contributed by atoms with Crippen LogP contribution in [-0.4, -0.2) is 45.3 Å². The van der Waals surface area contributed by atoms with E-state index in [1.807, 2.05) is 4.57 Å². The highest BCUT2D eigenvalue weighted by molar-refractivity contribution is 7.99. The minimum atomic E-state index is -0.843. The van der Waals surface area contributed by atoms with Crippen LogP contribution in [0, 0.1) is 5.92 Å². The molecule has 1 heterocycles. The molecule has 0 radical (unpaired) electrons. The Balaban J connectivity index is 2.05. The van der Waals surface area contributed by atoms with Crippen molar-refractivity contribution in [3.8, 4) is 0 Å². The summed E-state index contributed by atoms with van der Waals surface area (Å²) in [5.74, 6) is 0.842. The fourth-order valence-corrected chi connectivity index (χ4v) is 2.39. The number of ether oxygens (including phenoxy) is 1. The molecule has 1 aliphatic carbocycles. The highest BCUT2D eigenvalue weighted by Gasteiger charge is 2.25. The summed E-state index contributed by atoms with van der Waals surface area (Å²) in [7, 11) is 1.65. The Bertz CT molecular complexity index is 418. The number of carboxylic acids is 1. The van der Waals surface area contributed by atoms with Crippen molar-refractivity contribution in [2.45, 2.75) is 31.0 Å². The summed E-state index contributed by atoms with van der Waals surface area (Å²) in [5, 5.41) is 17.6. The van der Waals surface area contributed by atoms with Gasteiger partial charge in [0.2, 0.25) is 0 Å². The average molecular weight is 271 g/mol. The maximum absolute atomic E-state index is 10.6. The largest absolute Gasteiger partial charge is 0.481 e. The van der Waals surface area contributed by atoms with Crippen molar-refractivity contribution in [2.75, 3.05) is 19.5 Å². The van der Waals surface area contributed by atoms with Crippen LogP contribution in [0.25, 0.3) is 0 Å². The van der Waals surface area contributed by atoms with E-state index >= 15 is 0 Å². The molecule has 100 valence electrons. The van der Waals surface area contributed by atoms with E-state index in [1.165, 1.54) is 24.6 Å². The number of carbonyl (C=O) groups is 1. The second-order valence-electron chi connectivity index (χ2n) is 4.37. The van der Waals surface area contributed by atoms with Gasteiger partial charge in [0, 0.05) is 20.1 Å². The van der Waals surface area contributed by atoms with Crippen LogP contribution in [0.5, 0.6) is 0 Å². The van der Waals surface area contributed by atoms with Crippen molar-refractivity contribution < 1.29 is 14.6 Å². The summed E-state index contributed by atoms with van der Waals surface area (Å²) < 4.78 is 7.05. The van der Waals surface area contributed by atoms with Gasteiger partial charge in [-0.25, -0.2) is 0 Å². The highest BCUT2D eigenvalue weighted by atomic mass is 32.2. The van der Waals surface area contributed by atoms with Gasteiger partial charge in [-0.05, 0) is 18.8 Å². The quantitative estimate of drug-likeness (QED) is 0.712. The molecule has 0 unspecified atom stereocenters. The first-order valence-corrected chi connectivity index (χ1v) is 6.95. The van der Waals surface area contributed by atoms with E-state index in [0.29, 0.717) is 18.3 Å². The molecule has 1 aromatic heterocycles. The third-order valence-corrected chi connectivity index (χ3v) is 3.76. The number of thioether (sulfide) groups is 1. The molecule has 7 heteroatoms. The predicted molar refractivity (Wildman–Crippen MR) is 66.7 cm³/mol. The summed E-state index contributed by atoms with van der Waals surface area (Å²) in [6, 6.07) is 0. The molecule has 0 atom stereocenters. The second kappa shape index (κ2) is 6.19. The van der Waals surface area contributed by atoms with Crippen LogP contribution >= 0.6 is 11.8 Å². The van der Waals surface area contributed by atoms with Gasteiger partial charge in [-0.1, -0.05) is 11.8 Å². The van der Waals surface area contributed by atoms with Crippen LogP contribution in [0.4, 0.5) is 0 Å². The van der Waals surface area contributed by atoms with E-state index in [1.54, 1.807) is 7.11 Å². The maximum Gasteiger partial charge on any atom is 0.313 e. The summed E-state index contributed by atoms with van der Waals surface area (Å²) in [6.07, 6.45) is 3.45. The molecular formula is C11H17N3O3S. The van der Waals surface area contributed by atoms with Gasteiger partial charge in [0.25, 0.3) is 0 Å². The number of aliphatic carboxylic acids is 1. The maximum atomic E-state index is 10.6. The zero-order valence-corrected chi connectivity index (χ0v) is 11.2. The molecule has 0 amide bonds. The monoisotopic (exact) mass is 271 g/mol. The van der Waals surface area contributed by atoms with Crippen molar-refractivity contribution in [1.82, 2.24) is 14.8 Å². The van der Waals surface area contributed by atoms with E-state index < -0.39 is 5.97 Å². The Labute approximate surface area is 110 Å². The summed E-state index contributed by atoms with van der Waals surface area (Å²) >= 11 is 1.21. The smallest absolute Gasteiger partial charge is 0.313 e. The fraction of sp³-hybridized carbons (Fsp3) is 0.727. The minimum absolute atomic E-state index is 0.00848. The van der Waals surface area contributed by atoms with Crippen molar-refractivity contribution >= 4 is 17.7 Å². The zero-order valence-electron chi connectivity index (χ0n) is 10.3. The van der Waals surface area contributed by atoms with Crippen LogP contribution in [0.2, 0.25) is 0 Å². The van der Waals surface area contributed by atoms with Crippen molar-refractivity contribution in [3.63, 3.8) is 0 Å². The first-order valence-electron chi connectivity index (χ1n) is 5.96. The lowest BCUT2D eigenvalue weighted by atomic mass is 10.3. The topological polar surface area (TPSA) is 77.2 Å². The zero-order chi connectivity index (χ0) is 13.0. The van der Waals surface area contributed by atoms with Gasteiger partial charge in [0.15, 0.2) is 5.16 Å². The van der Waals surface area contributed by atoms with Gasteiger partial charge >= 0.3 is 5.97 Å². The lowest BCUT2D eigenvalue weighted by Gasteiger charge is -2.08. The number of hydrogen-bond donors (Lipinski definition) is 1. The minimum Gasteiger partial charge on any atom is -0.481 e. The SMILES string of the molecule is COCCn1c(CC2CC2)nnc1SCC(=O)O. The molecule has 2 rings (SSSR count). The Kier molecular flexibility index (Phi) is 4.60. The van der Waals surface area contributed by atoms with E-state index in [0.717, 1.165) is 18.2 Å². The standard InChI is InChI=1S/C11H17N3O3S/c1-17-5-4-14-9(6-8-2-3-8)12-13-11(14)18-7-10(15)16/h8H,2-7H2,1H3,(H,15,16). The van der Waals surface area contributed by atoms with Gasteiger partial charge in [-0.15, -0.1) is 10.2 Å². The molecule has 0 bridgehead atoms. The first kappa shape index (κ1) is 13.4. The molecule has 1 fully saturated rings. The Morgan fingerprint density at radius 2 is 2.33 bits per heavy atom. The number of aromatic nitrogens is 3. The molecule has 1 aromatic rings. The van der Waals surface area contributed by atoms with Gasteiger partial charge in [-0.3, -0.25) is 4.79 Å². The molecule has 18 heavy (non-hydrogen) atoms. The molecule has 0 aliphatic heterocycles. The molecule has 0 saturated heterocycles. The van der Waals surface area contributed by atoms with E-state index in [2.05, 4.69) is 10.2 Å². The Hall–Kier alpha value is -1.08. The normalized spacial score (nSPS) is 14.9. The Morgan fingerprint density at radius 3 is 2.94 bits per heavy atom. The summed E-state index contributed by atoms with van der Waals surface area (Å²) in [5.41, 5.74) is 0. The predicted octanol–water partition coefficient (Wildman–Crippen LogP) is 1.05. The van der Waals surface area contributed by atoms with Crippen molar-refractivity contribution in [2.24, 2.45) is 5.92 Å². The van der Waals surface area contributed by atoms with Gasteiger partial charge in [0.05, 0.1) is 12.4 Å². The molecule has 0 aromatic carbocycles. The van der Waals surface area contributed by atoms with Crippen LogP contribution < -0.4 is 0 Å². The van der Waals surface area contributed by atoms with Crippen molar-refractivity contribution in [3.05, 3.63) is 5.82 Å². The number of nitrogens with zero attached hydrogens (tertiary/aromatic N) is 3. The molecular weight excluding hydrogens is 254 g/mol. The van der Waals surface area contributed by atoms with E-state index in [4.69, 9.17) is 9.84 Å². The number of carboxylic acid groups (broad SMARTS) is 1. The summed E-state index contributed by atoms with van der Waals surface area (Å²) in [4.78, 5) is 10.6. The molecule has 6 nitrogen and oxygen atoms in total. The highest BCUT2D eigenvalue weighted by Crippen LogP contribution is 2.32. The third kappa shape index (κ3) is 3.71. The van der Waals surface area contributed by atoms with Gasteiger partial charge in [0.1, 0.15) is 5.82 Å². The van der Waals surface area contributed by atoms with Gasteiger partial charge < -0.3 is 14.4 Å². The van der Waals surface area contributed by atoms with Gasteiger partial charge in [-0.2, -0.15) is 0 Å². The van der Waals surface area contributed by atoms with E-state index in [-0.39, 0.29) is 5.75 Å². The molecule has 1 saturated carbocycles. The second-order valence-corrected chi connectivity index (χ2v) is 5.32. The fourth-order valence-electron chi connectivity index (χ4n) is 1.69. The van der Waals surface area contributed by atoms with Crippen LogP contribution in [0.3, 0.4) is 0 Å².